The number of allylic oxidation sites excluding steroid dienone is 7. The van der Waals surface area contributed by atoms with Gasteiger partial charge in [-0.25, -0.2) is 4.57 Å². The highest BCUT2D eigenvalue weighted by atomic mass is 31.2. The first-order valence-electron chi connectivity index (χ1n) is 26.0. The first kappa shape index (κ1) is 60.5. The maximum absolute atomic E-state index is 12.9. The van der Waals surface area contributed by atoms with E-state index in [0.29, 0.717) is 17.4 Å². The van der Waals surface area contributed by atoms with E-state index in [9.17, 15) is 19.4 Å². The van der Waals surface area contributed by atoms with Gasteiger partial charge in [0.15, 0.2) is 0 Å². The molecule has 0 saturated carbocycles. The van der Waals surface area contributed by atoms with Crippen LogP contribution in [0.4, 0.5) is 0 Å². The van der Waals surface area contributed by atoms with Crippen molar-refractivity contribution >= 4 is 13.7 Å². The van der Waals surface area contributed by atoms with Crippen LogP contribution in [0.2, 0.25) is 0 Å². The first-order chi connectivity index (χ1) is 30.0. The van der Waals surface area contributed by atoms with Crippen LogP contribution in [0.1, 0.15) is 232 Å². The summed E-state index contributed by atoms with van der Waals surface area (Å²) in [6.07, 6.45) is 57.9. The molecule has 0 aromatic rings. The van der Waals surface area contributed by atoms with E-state index in [4.69, 9.17) is 9.05 Å². The number of carbonyl (C=O) groups excluding carboxylic acids is 1. The summed E-state index contributed by atoms with van der Waals surface area (Å²) in [6.45, 7) is 4.73. The van der Waals surface area contributed by atoms with Gasteiger partial charge in [0.05, 0.1) is 39.9 Å². The molecule has 3 atom stereocenters. The summed E-state index contributed by atoms with van der Waals surface area (Å²) < 4.78 is 23.6. The maximum Gasteiger partial charge on any atom is 0.472 e. The Kier molecular flexibility index (Phi) is 43.5. The monoisotopic (exact) mass is 894 g/mol. The minimum absolute atomic E-state index is 0.0522. The van der Waals surface area contributed by atoms with Gasteiger partial charge < -0.3 is 19.8 Å². The predicted octanol–water partition coefficient (Wildman–Crippen LogP) is 15.2. The summed E-state index contributed by atoms with van der Waals surface area (Å²) in [4.78, 5) is 23.1. The number of aliphatic hydroxyl groups excluding tert-OH is 1. The van der Waals surface area contributed by atoms with Gasteiger partial charge in [0.1, 0.15) is 13.2 Å². The van der Waals surface area contributed by atoms with Crippen LogP contribution < -0.4 is 5.32 Å². The van der Waals surface area contributed by atoms with Crippen LogP contribution in [0.15, 0.2) is 48.6 Å². The maximum atomic E-state index is 12.9. The second-order valence-corrected chi connectivity index (χ2v) is 20.3. The van der Waals surface area contributed by atoms with Crippen molar-refractivity contribution in [3.8, 4) is 0 Å². The Morgan fingerprint density at radius 3 is 1.45 bits per heavy atom. The van der Waals surface area contributed by atoms with E-state index in [1.807, 2.05) is 27.2 Å². The SMILES string of the molecule is CCC/C=C\C/C=C\CCCCCCCC(=O)NC(COP(=O)(O)OCC[N+](C)(C)C)C(O)/C=C/CC/C=C/CCCCCCCCCCCCCCCCCCCCCCC. The number of amides is 1. The van der Waals surface area contributed by atoms with Crippen molar-refractivity contribution in [1.82, 2.24) is 5.32 Å². The molecule has 0 spiro atoms. The molecule has 0 bridgehead atoms. The second-order valence-electron chi connectivity index (χ2n) is 18.9. The highest BCUT2D eigenvalue weighted by Gasteiger charge is 2.27. The molecule has 0 rings (SSSR count). The molecule has 0 radical (unpaired) electrons. The number of unbranched alkanes of at least 4 members (excludes halogenated alkanes) is 28. The van der Waals surface area contributed by atoms with Gasteiger partial charge in [-0.1, -0.05) is 217 Å². The smallest absolute Gasteiger partial charge is 0.387 e. The molecule has 0 aliphatic rings. The molecular formula is C53H102N2O6P+. The number of phosphoric ester groups is 1. The van der Waals surface area contributed by atoms with E-state index in [2.05, 4.69) is 55.6 Å². The van der Waals surface area contributed by atoms with Gasteiger partial charge in [0.25, 0.3) is 0 Å². The topological polar surface area (TPSA) is 105 Å². The lowest BCUT2D eigenvalue weighted by Gasteiger charge is -2.25. The lowest BCUT2D eigenvalue weighted by Crippen LogP contribution is -2.45. The number of phosphoric acid groups is 1. The van der Waals surface area contributed by atoms with Crippen molar-refractivity contribution in [1.29, 1.82) is 0 Å². The molecule has 3 unspecified atom stereocenters. The standard InChI is InChI=1S/C53H101N2O6P/c1-6-8-10-12-14-16-18-20-21-22-23-24-25-26-27-28-29-30-31-32-33-35-36-38-40-42-44-46-52(56)51(50-61-62(58,59)60-49-48-55(3,4)5)54-53(57)47-45-43-41-39-37-34-19-17-15-13-11-9-7-2/h11,13,17,19,36,38,44,46,51-52,56H,6-10,12,14-16,18,20-35,37,39-43,45,47-50H2,1-5H3,(H-,54,57,58,59)/p+1/b13-11-,19-17-,38-36+,46-44+. The van der Waals surface area contributed by atoms with Crippen LogP contribution >= 0.6 is 7.82 Å². The van der Waals surface area contributed by atoms with Gasteiger partial charge in [0.2, 0.25) is 5.91 Å². The molecule has 0 aromatic carbocycles. The van der Waals surface area contributed by atoms with Gasteiger partial charge in [0, 0.05) is 6.42 Å². The fourth-order valence-corrected chi connectivity index (χ4v) is 8.13. The molecule has 0 heterocycles. The third-order valence-electron chi connectivity index (χ3n) is 11.5. The van der Waals surface area contributed by atoms with Crippen molar-refractivity contribution in [2.24, 2.45) is 0 Å². The van der Waals surface area contributed by atoms with Crippen molar-refractivity contribution in [2.75, 3.05) is 40.9 Å². The normalized spacial score (nSPS) is 14.5. The zero-order valence-corrected chi connectivity index (χ0v) is 42.3. The van der Waals surface area contributed by atoms with Gasteiger partial charge in [-0.15, -0.1) is 0 Å². The number of likely N-dealkylation sites (N-methyl/N-ethyl adjacent to an activating group) is 1. The van der Waals surface area contributed by atoms with E-state index >= 15 is 0 Å². The van der Waals surface area contributed by atoms with Crippen LogP contribution in [-0.2, 0) is 18.4 Å². The van der Waals surface area contributed by atoms with E-state index in [-0.39, 0.29) is 19.1 Å². The average molecular weight is 894 g/mol. The highest BCUT2D eigenvalue weighted by molar-refractivity contribution is 7.47. The van der Waals surface area contributed by atoms with E-state index in [0.717, 1.165) is 70.6 Å². The number of hydrogen-bond acceptors (Lipinski definition) is 5. The van der Waals surface area contributed by atoms with Crippen LogP contribution in [0.3, 0.4) is 0 Å². The van der Waals surface area contributed by atoms with Crippen molar-refractivity contribution in [3.05, 3.63) is 48.6 Å². The second kappa shape index (κ2) is 44.7. The molecule has 0 fully saturated rings. The number of nitrogens with zero attached hydrogens (tertiary/aromatic N) is 1. The molecule has 62 heavy (non-hydrogen) atoms. The molecule has 9 heteroatoms. The van der Waals surface area contributed by atoms with Gasteiger partial charge >= 0.3 is 7.82 Å². The molecule has 3 N–H and O–H groups in total. The number of rotatable bonds is 47. The number of quaternary nitrogens is 1. The summed E-state index contributed by atoms with van der Waals surface area (Å²) in [6, 6.07) is -0.871. The fraction of sp³-hybridized carbons (Fsp3) is 0.830. The minimum Gasteiger partial charge on any atom is -0.387 e. The summed E-state index contributed by atoms with van der Waals surface area (Å²) in [7, 11) is 1.54. The van der Waals surface area contributed by atoms with Crippen molar-refractivity contribution in [3.63, 3.8) is 0 Å². The number of hydrogen-bond donors (Lipinski definition) is 3. The molecule has 0 aromatic heterocycles. The lowest BCUT2D eigenvalue weighted by atomic mass is 10.0. The summed E-state index contributed by atoms with van der Waals surface area (Å²) in [5.74, 6) is -0.202. The van der Waals surface area contributed by atoms with Crippen LogP contribution in [0.5, 0.6) is 0 Å². The Hall–Kier alpha value is -1.54. The molecular weight excluding hydrogens is 792 g/mol. The molecule has 8 nitrogen and oxygen atoms in total. The van der Waals surface area contributed by atoms with Gasteiger partial charge in [-0.2, -0.15) is 0 Å². The summed E-state index contributed by atoms with van der Waals surface area (Å²) in [5, 5.41) is 13.8. The molecule has 1 amide bonds. The minimum atomic E-state index is -4.35. The zero-order valence-electron chi connectivity index (χ0n) is 41.4. The predicted molar refractivity (Wildman–Crippen MR) is 267 cm³/mol. The van der Waals surface area contributed by atoms with Crippen LogP contribution in [0.25, 0.3) is 0 Å². The summed E-state index contributed by atoms with van der Waals surface area (Å²) in [5.41, 5.74) is 0. The van der Waals surface area contributed by atoms with Crippen molar-refractivity contribution < 1.29 is 32.9 Å². The molecule has 364 valence electrons. The van der Waals surface area contributed by atoms with Crippen molar-refractivity contribution in [2.45, 2.75) is 244 Å². The lowest BCUT2D eigenvalue weighted by molar-refractivity contribution is -0.870. The quantitative estimate of drug-likeness (QED) is 0.0243. The Balaban J connectivity index is 4.25. The Morgan fingerprint density at radius 1 is 0.548 bits per heavy atom. The summed E-state index contributed by atoms with van der Waals surface area (Å²) >= 11 is 0. The van der Waals surface area contributed by atoms with Crippen LogP contribution in [0, 0.1) is 0 Å². The first-order valence-corrected chi connectivity index (χ1v) is 27.5. The number of aliphatic hydroxyl groups is 1. The largest absolute Gasteiger partial charge is 0.472 e. The highest BCUT2D eigenvalue weighted by Crippen LogP contribution is 2.43. The Bertz CT molecular complexity index is 1150. The molecule has 0 aliphatic heterocycles. The third kappa shape index (κ3) is 46.5. The van der Waals surface area contributed by atoms with Gasteiger partial charge in [-0.05, 0) is 57.8 Å². The molecule has 0 aliphatic carbocycles. The number of nitrogens with one attached hydrogen (secondary N) is 1. The van der Waals surface area contributed by atoms with Crippen LogP contribution in [-0.4, -0.2) is 73.4 Å². The van der Waals surface area contributed by atoms with E-state index in [1.54, 1.807) is 6.08 Å². The zero-order chi connectivity index (χ0) is 45.7. The third-order valence-corrected chi connectivity index (χ3v) is 12.5. The Morgan fingerprint density at radius 2 is 0.968 bits per heavy atom. The fourth-order valence-electron chi connectivity index (χ4n) is 7.39. The van der Waals surface area contributed by atoms with E-state index < -0.39 is 20.0 Å². The number of carbonyl (C=O) groups is 1. The van der Waals surface area contributed by atoms with E-state index in [1.165, 1.54) is 141 Å². The Labute approximate surface area is 384 Å². The average Bonchev–Trinajstić information content (AvgIpc) is 3.23. The van der Waals surface area contributed by atoms with Gasteiger partial charge in [-0.3, -0.25) is 13.8 Å². The molecule has 0 saturated heterocycles.